The van der Waals surface area contributed by atoms with Crippen molar-refractivity contribution in [2.45, 2.75) is 9.79 Å². The Morgan fingerprint density at radius 2 is 1.33 bits per heavy atom. The van der Waals surface area contributed by atoms with Crippen LogP contribution in [-0.2, 0) is 20.2 Å². The Bertz CT molecular complexity index is 1210. The van der Waals surface area contributed by atoms with E-state index >= 15 is 0 Å². The van der Waals surface area contributed by atoms with Gasteiger partial charge in [-0.15, -0.1) is 0 Å². The lowest BCUT2D eigenvalue weighted by Gasteiger charge is -2.10. The smallest absolute Gasteiger partial charge is 0.298 e. The van der Waals surface area contributed by atoms with Gasteiger partial charge in [0, 0.05) is 16.8 Å². The quantitative estimate of drug-likeness (QED) is 0.303. The first-order valence-corrected chi connectivity index (χ1v) is 9.24. The van der Waals surface area contributed by atoms with Crippen LogP contribution in [0.25, 0.3) is 21.5 Å². The van der Waals surface area contributed by atoms with Crippen LogP contribution >= 0.6 is 0 Å². The summed E-state index contributed by atoms with van der Waals surface area (Å²) in [7, 11) is -9.17. The molecule has 126 valence electrons. The van der Waals surface area contributed by atoms with E-state index in [9.17, 15) is 27.0 Å². The molecule has 0 saturated carbocycles. The van der Waals surface area contributed by atoms with Gasteiger partial charge >= 0.3 is 0 Å². The van der Waals surface area contributed by atoms with Crippen LogP contribution in [0.5, 0.6) is 11.5 Å². The summed E-state index contributed by atoms with van der Waals surface area (Å²) in [5.74, 6) is -1.28. The maximum atomic E-state index is 11.3. The van der Waals surface area contributed by atoms with E-state index in [2.05, 4.69) is 0 Å². The van der Waals surface area contributed by atoms with Gasteiger partial charge < -0.3 is 10.2 Å². The van der Waals surface area contributed by atoms with Gasteiger partial charge in [-0.2, -0.15) is 16.8 Å². The molecule has 3 aromatic carbocycles. The number of phenolic OH excluding ortho intramolecular Hbond substituents is 2. The molecule has 3 rings (SSSR count). The zero-order valence-electron chi connectivity index (χ0n) is 11.7. The van der Waals surface area contributed by atoms with E-state index in [4.69, 9.17) is 9.11 Å². The molecule has 0 bridgehead atoms. The number of aromatic hydroxyl groups is 2. The molecule has 0 aliphatic heterocycles. The van der Waals surface area contributed by atoms with Crippen molar-refractivity contribution in [3.8, 4) is 11.5 Å². The first-order chi connectivity index (χ1) is 11.0. The number of fused-ring (bicyclic) bond motifs is 2. The van der Waals surface area contributed by atoms with Gasteiger partial charge in [-0.1, -0.05) is 6.07 Å². The van der Waals surface area contributed by atoms with E-state index < -0.39 is 36.6 Å². The van der Waals surface area contributed by atoms with Gasteiger partial charge in [-0.25, -0.2) is 0 Å². The number of benzene rings is 3. The third-order valence-electron chi connectivity index (χ3n) is 3.56. The molecule has 0 aliphatic rings. The molecule has 0 radical (unpaired) electrons. The highest BCUT2D eigenvalue weighted by Crippen LogP contribution is 2.40. The first kappa shape index (κ1) is 16.5. The fraction of sp³-hybridized carbons (Fsp3) is 0. The highest BCUT2D eigenvalue weighted by Gasteiger charge is 2.21. The van der Waals surface area contributed by atoms with E-state index in [0.29, 0.717) is 16.8 Å². The number of hydrogen-bond acceptors (Lipinski definition) is 6. The molecule has 0 aliphatic carbocycles. The zero-order chi connectivity index (χ0) is 17.9. The lowest BCUT2D eigenvalue weighted by molar-refractivity contribution is 0.440. The van der Waals surface area contributed by atoms with Crippen molar-refractivity contribution in [3.63, 3.8) is 0 Å². The van der Waals surface area contributed by atoms with Crippen LogP contribution in [0.15, 0.2) is 46.2 Å². The van der Waals surface area contributed by atoms with E-state index in [1.54, 1.807) is 0 Å². The van der Waals surface area contributed by atoms with Gasteiger partial charge in [0.1, 0.15) is 16.4 Å². The molecule has 0 unspecified atom stereocenters. The molecular weight excluding hydrogens is 360 g/mol. The predicted octanol–water partition coefficient (Wildman–Crippen LogP) is 1.90. The molecule has 0 saturated heterocycles. The summed E-state index contributed by atoms with van der Waals surface area (Å²) in [5.41, 5.74) is 0. The van der Waals surface area contributed by atoms with Crippen LogP contribution < -0.4 is 0 Å². The maximum Gasteiger partial charge on any atom is 0.298 e. The molecule has 3 aromatic rings. The Morgan fingerprint density at radius 1 is 0.708 bits per heavy atom. The molecule has 24 heavy (non-hydrogen) atoms. The van der Waals surface area contributed by atoms with E-state index in [-0.39, 0.29) is 15.7 Å². The van der Waals surface area contributed by atoms with Crippen molar-refractivity contribution >= 4 is 41.8 Å². The predicted molar refractivity (Wildman–Crippen MR) is 84.4 cm³/mol. The average Bonchev–Trinajstić information content (AvgIpc) is 2.46. The highest BCUT2D eigenvalue weighted by molar-refractivity contribution is 7.86. The zero-order valence-corrected chi connectivity index (χ0v) is 13.3. The van der Waals surface area contributed by atoms with Crippen molar-refractivity contribution in [2.75, 3.05) is 0 Å². The van der Waals surface area contributed by atoms with Crippen molar-refractivity contribution in [1.82, 2.24) is 0 Å². The van der Waals surface area contributed by atoms with Crippen molar-refractivity contribution < 1.29 is 36.2 Å². The monoisotopic (exact) mass is 370 g/mol. The fourth-order valence-electron chi connectivity index (χ4n) is 2.44. The molecule has 4 N–H and O–H groups in total. The summed E-state index contributed by atoms with van der Waals surface area (Å²) in [6, 6.07) is 6.97. The molecular formula is C14H10O8S2. The summed E-state index contributed by atoms with van der Waals surface area (Å²) in [4.78, 5) is -1.20. The summed E-state index contributed by atoms with van der Waals surface area (Å²) >= 11 is 0. The van der Waals surface area contributed by atoms with Crippen LogP contribution in [0, 0.1) is 0 Å². The second kappa shape index (κ2) is 5.05. The maximum absolute atomic E-state index is 11.3. The van der Waals surface area contributed by atoms with E-state index in [0.717, 1.165) is 12.1 Å². The fourth-order valence-corrected chi connectivity index (χ4v) is 3.57. The van der Waals surface area contributed by atoms with Gasteiger partial charge in [0.25, 0.3) is 20.2 Å². The van der Waals surface area contributed by atoms with E-state index in [1.807, 2.05) is 0 Å². The Kier molecular flexibility index (Phi) is 3.46. The minimum atomic E-state index is -4.75. The van der Waals surface area contributed by atoms with Crippen molar-refractivity contribution in [1.29, 1.82) is 0 Å². The summed E-state index contributed by atoms with van der Waals surface area (Å²) < 4.78 is 63.1. The molecule has 0 aromatic heterocycles. The minimum Gasteiger partial charge on any atom is -0.507 e. The SMILES string of the molecule is O=S(=O)(O)c1ccc2cc3c(O)c(S(=O)(=O)O)cc(O)c3cc2c1. The van der Waals surface area contributed by atoms with Crippen LogP contribution in [0.4, 0.5) is 0 Å². The number of hydrogen-bond donors (Lipinski definition) is 4. The van der Waals surface area contributed by atoms with Gasteiger partial charge in [0.2, 0.25) is 0 Å². The molecule has 0 amide bonds. The minimum absolute atomic E-state index is 0.0416. The Balaban J connectivity index is 2.44. The Morgan fingerprint density at radius 3 is 1.92 bits per heavy atom. The average molecular weight is 370 g/mol. The normalized spacial score (nSPS) is 12.8. The van der Waals surface area contributed by atoms with Crippen LogP contribution in [-0.4, -0.2) is 36.2 Å². The largest absolute Gasteiger partial charge is 0.507 e. The molecule has 0 atom stereocenters. The van der Waals surface area contributed by atoms with Crippen molar-refractivity contribution in [2.24, 2.45) is 0 Å². The van der Waals surface area contributed by atoms with Gasteiger partial charge in [0.05, 0.1) is 4.90 Å². The van der Waals surface area contributed by atoms with Crippen LogP contribution in [0.3, 0.4) is 0 Å². The van der Waals surface area contributed by atoms with E-state index in [1.165, 1.54) is 18.2 Å². The molecule has 10 heteroatoms. The third-order valence-corrected chi connectivity index (χ3v) is 5.27. The first-order valence-electron chi connectivity index (χ1n) is 6.36. The van der Waals surface area contributed by atoms with Gasteiger partial charge in [0.15, 0.2) is 0 Å². The third kappa shape index (κ3) is 2.65. The lowest BCUT2D eigenvalue weighted by atomic mass is 10.0. The number of rotatable bonds is 2. The molecule has 0 fully saturated rings. The van der Waals surface area contributed by atoms with Gasteiger partial charge in [-0.3, -0.25) is 9.11 Å². The summed E-state index contributed by atoms with van der Waals surface area (Å²) in [6.45, 7) is 0. The van der Waals surface area contributed by atoms with Crippen LogP contribution in [0.1, 0.15) is 0 Å². The Labute approximate surface area is 136 Å². The second-order valence-corrected chi connectivity index (χ2v) is 7.91. The van der Waals surface area contributed by atoms with Crippen molar-refractivity contribution in [3.05, 3.63) is 36.4 Å². The van der Waals surface area contributed by atoms with Gasteiger partial charge in [-0.05, 0) is 35.0 Å². The lowest BCUT2D eigenvalue weighted by Crippen LogP contribution is -1.99. The molecule has 0 spiro atoms. The topological polar surface area (TPSA) is 149 Å². The second-order valence-electron chi connectivity index (χ2n) is 5.10. The summed E-state index contributed by atoms with van der Waals surface area (Å²) in [5, 5.41) is 20.8. The molecule has 8 nitrogen and oxygen atoms in total. The molecule has 0 heterocycles. The number of phenols is 2. The standard InChI is InChI=1S/C14H10O8S2/c15-12-6-13(24(20,21)22)14(16)11-4-7-1-2-9(23(17,18)19)3-8(7)5-10(11)12/h1-6,15-16H,(H,17,18,19)(H,20,21,22). The summed E-state index contributed by atoms with van der Waals surface area (Å²) in [6.07, 6.45) is 0. The van der Waals surface area contributed by atoms with Crippen LogP contribution in [0.2, 0.25) is 0 Å². The highest BCUT2D eigenvalue weighted by atomic mass is 32.2. The Hall–Kier alpha value is -2.40.